The van der Waals surface area contributed by atoms with E-state index in [4.69, 9.17) is 10.2 Å². The average molecular weight is 300 g/mol. The zero-order valence-electron chi connectivity index (χ0n) is 12.0. The first kappa shape index (κ1) is 15.5. The number of sulfonamides is 1. The molecule has 3 N–H and O–H groups in total. The van der Waals surface area contributed by atoms with Crippen molar-refractivity contribution in [2.45, 2.75) is 50.7 Å². The molecule has 0 spiro atoms. The van der Waals surface area contributed by atoms with Gasteiger partial charge in [-0.2, -0.15) is 0 Å². The molecule has 5 nitrogen and oxygen atoms in total. The van der Waals surface area contributed by atoms with Crippen LogP contribution in [0.3, 0.4) is 0 Å². The third-order valence-corrected chi connectivity index (χ3v) is 5.50. The molecule has 1 saturated carbocycles. The minimum atomic E-state index is -3.54. The fourth-order valence-corrected chi connectivity index (χ4v) is 3.82. The maximum atomic E-state index is 12.1. The van der Waals surface area contributed by atoms with Crippen LogP contribution in [-0.4, -0.2) is 15.0 Å². The summed E-state index contributed by atoms with van der Waals surface area (Å²) in [5, 5.41) is -0.0415. The van der Waals surface area contributed by atoms with E-state index in [1.165, 1.54) is 25.3 Å². The number of nitrogens with one attached hydrogen (secondary N) is 1. The summed E-state index contributed by atoms with van der Waals surface area (Å²) in [5.74, 6) is 1.74. The Hall–Kier alpha value is -0.850. The molecule has 1 aliphatic rings. The standard InChI is InChI=1S/C14H24N2O3S/c1-2-11-3-5-12(6-4-11)10-16-20(17,18)14-8-7-13(9-15)19-14/h7-8,11-12,16H,2-6,9-10,15H2,1H3. The van der Waals surface area contributed by atoms with Crippen molar-refractivity contribution in [3.8, 4) is 0 Å². The number of furan rings is 1. The fourth-order valence-electron chi connectivity index (χ4n) is 2.75. The molecule has 0 aliphatic heterocycles. The number of nitrogens with two attached hydrogens (primary N) is 1. The molecule has 0 aromatic carbocycles. The first-order valence-electron chi connectivity index (χ1n) is 7.33. The van der Waals surface area contributed by atoms with Crippen molar-refractivity contribution < 1.29 is 12.8 Å². The molecule has 1 aromatic rings. The van der Waals surface area contributed by atoms with Crippen LogP contribution in [0.4, 0.5) is 0 Å². The van der Waals surface area contributed by atoms with Gasteiger partial charge >= 0.3 is 0 Å². The monoisotopic (exact) mass is 300 g/mol. The number of rotatable bonds is 6. The second kappa shape index (κ2) is 6.74. The van der Waals surface area contributed by atoms with E-state index in [1.54, 1.807) is 6.07 Å². The highest BCUT2D eigenvalue weighted by atomic mass is 32.2. The molecule has 1 aromatic heterocycles. The summed E-state index contributed by atoms with van der Waals surface area (Å²) in [4.78, 5) is 0. The topological polar surface area (TPSA) is 85.3 Å². The summed E-state index contributed by atoms with van der Waals surface area (Å²) >= 11 is 0. The molecule has 0 atom stereocenters. The van der Waals surface area contributed by atoms with Gasteiger partial charge < -0.3 is 10.2 Å². The van der Waals surface area contributed by atoms with Crippen molar-refractivity contribution in [2.24, 2.45) is 17.6 Å². The summed E-state index contributed by atoms with van der Waals surface area (Å²) < 4.78 is 32.0. The molecular weight excluding hydrogens is 276 g/mol. The van der Waals surface area contributed by atoms with Crippen LogP contribution in [0.1, 0.15) is 44.8 Å². The van der Waals surface area contributed by atoms with Crippen LogP contribution in [0.2, 0.25) is 0 Å². The predicted molar refractivity (Wildman–Crippen MR) is 77.5 cm³/mol. The first-order chi connectivity index (χ1) is 9.55. The van der Waals surface area contributed by atoms with Gasteiger partial charge in [0.25, 0.3) is 10.0 Å². The van der Waals surface area contributed by atoms with E-state index in [-0.39, 0.29) is 11.6 Å². The van der Waals surface area contributed by atoms with Crippen molar-refractivity contribution in [1.29, 1.82) is 0 Å². The molecule has 6 heteroatoms. The molecule has 0 saturated heterocycles. The molecule has 0 radical (unpaired) electrons. The molecule has 1 fully saturated rings. The lowest BCUT2D eigenvalue weighted by Gasteiger charge is -2.27. The summed E-state index contributed by atoms with van der Waals surface area (Å²) in [7, 11) is -3.54. The van der Waals surface area contributed by atoms with Crippen LogP contribution in [0.15, 0.2) is 21.6 Å². The lowest BCUT2D eigenvalue weighted by Crippen LogP contribution is -2.31. The van der Waals surface area contributed by atoms with Crippen molar-refractivity contribution in [2.75, 3.05) is 6.54 Å². The highest BCUT2D eigenvalue weighted by molar-refractivity contribution is 7.89. The quantitative estimate of drug-likeness (QED) is 0.843. The second-order valence-corrected chi connectivity index (χ2v) is 7.27. The molecule has 1 aliphatic carbocycles. The third kappa shape index (κ3) is 3.84. The van der Waals surface area contributed by atoms with Crippen molar-refractivity contribution in [3.05, 3.63) is 17.9 Å². The minimum Gasteiger partial charge on any atom is -0.447 e. The highest BCUT2D eigenvalue weighted by Gasteiger charge is 2.23. The lowest BCUT2D eigenvalue weighted by molar-refractivity contribution is 0.269. The molecular formula is C14H24N2O3S. The zero-order chi connectivity index (χ0) is 14.6. The Morgan fingerprint density at radius 1 is 1.25 bits per heavy atom. The Balaban J connectivity index is 1.87. The molecule has 0 amide bonds. The Kier molecular flexibility index (Phi) is 5.23. The van der Waals surface area contributed by atoms with E-state index < -0.39 is 10.0 Å². The van der Waals surface area contributed by atoms with Gasteiger partial charge in [0.05, 0.1) is 6.54 Å². The van der Waals surface area contributed by atoms with Crippen LogP contribution >= 0.6 is 0 Å². The van der Waals surface area contributed by atoms with Gasteiger partial charge in [0.1, 0.15) is 5.76 Å². The van der Waals surface area contributed by atoms with E-state index in [0.717, 1.165) is 18.8 Å². The minimum absolute atomic E-state index is 0.0415. The largest absolute Gasteiger partial charge is 0.447 e. The molecule has 114 valence electrons. The van der Waals surface area contributed by atoms with Crippen molar-refractivity contribution >= 4 is 10.0 Å². The summed E-state index contributed by atoms with van der Waals surface area (Å²) in [5.41, 5.74) is 5.41. The Morgan fingerprint density at radius 2 is 1.90 bits per heavy atom. The predicted octanol–water partition coefficient (Wildman–Crippen LogP) is 2.23. The third-order valence-electron chi connectivity index (χ3n) is 4.21. The lowest BCUT2D eigenvalue weighted by atomic mass is 9.81. The summed E-state index contributed by atoms with van der Waals surface area (Å²) in [6, 6.07) is 3.06. The molecule has 2 rings (SSSR count). The summed E-state index contributed by atoms with van der Waals surface area (Å²) in [6.07, 6.45) is 5.86. The van der Waals surface area contributed by atoms with Crippen LogP contribution in [0.5, 0.6) is 0 Å². The van der Waals surface area contributed by atoms with Gasteiger partial charge in [-0.15, -0.1) is 0 Å². The van der Waals surface area contributed by atoms with Crippen LogP contribution in [0, 0.1) is 11.8 Å². The SMILES string of the molecule is CCC1CCC(CNS(=O)(=O)c2ccc(CN)o2)CC1. The fraction of sp³-hybridized carbons (Fsp3) is 0.714. The van der Waals surface area contributed by atoms with Gasteiger partial charge in [-0.05, 0) is 36.8 Å². The maximum Gasteiger partial charge on any atom is 0.273 e. The number of hydrogen-bond donors (Lipinski definition) is 2. The summed E-state index contributed by atoms with van der Waals surface area (Å²) in [6.45, 7) is 2.92. The maximum absolute atomic E-state index is 12.1. The van der Waals surface area contributed by atoms with Gasteiger partial charge in [-0.3, -0.25) is 0 Å². The van der Waals surface area contributed by atoms with Crippen LogP contribution in [-0.2, 0) is 16.6 Å². The Morgan fingerprint density at radius 3 is 2.45 bits per heavy atom. The van der Waals surface area contributed by atoms with Gasteiger partial charge in [-0.1, -0.05) is 26.2 Å². The zero-order valence-corrected chi connectivity index (χ0v) is 12.8. The van der Waals surface area contributed by atoms with E-state index in [2.05, 4.69) is 11.6 Å². The smallest absolute Gasteiger partial charge is 0.273 e. The molecule has 1 heterocycles. The Labute approximate surface area is 121 Å². The van der Waals surface area contributed by atoms with Crippen LogP contribution < -0.4 is 10.5 Å². The first-order valence-corrected chi connectivity index (χ1v) is 8.82. The molecule has 0 bridgehead atoms. The molecule has 0 unspecified atom stereocenters. The normalized spacial score (nSPS) is 23.9. The van der Waals surface area contributed by atoms with E-state index >= 15 is 0 Å². The van der Waals surface area contributed by atoms with Gasteiger partial charge in [0, 0.05) is 6.54 Å². The van der Waals surface area contributed by atoms with Gasteiger partial charge in [0.2, 0.25) is 5.09 Å². The highest BCUT2D eigenvalue weighted by Crippen LogP contribution is 2.30. The second-order valence-electron chi connectivity index (χ2n) is 5.57. The van der Waals surface area contributed by atoms with Gasteiger partial charge in [0.15, 0.2) is 0 Å². The van der Waals surface area contributed by atoms with E-state index in [9.17, 15) is 8.42 Å². The Bertz CT molecular complexity index is 516. The van der Waals surface area contributed by atoms with E-state index in [0.29, 0.717) is 18.2 Å². The van der Waals surface area contributed by atoms with E-state index in [1.807, 2.05) is 0 Å². The average Bonchev–Trinajstić information content (AvgIpc) is 2.95. The van der Waals surface area contributed by atoms with Crippen molar-refractivity contribution in [1.82, 2.24) is 4.72 Å². The number of hydrogen-bond acceptors (Lipinski definition) is 4. The molecule has 20 heavy (non-hydrogen) atoms. The van der Waals surface area contributed by atoms with Crippen LogP contribution in [0.25, 0.3) is 0 Å². The van der Waals surface area contributed by atoms with Crippen molar-refractivity contribution in [3.63, 3.8) is 0 Å². The van der Waals surface area contributed by atoms with Gasteiger partial charge in [-0.25, -0.2) is 13.1 Å².